The van der Waals surface area contributed by atoms with Crippen molar-refractivity contribution in [3.8, 4) is 11.4 Å². The summed E-state index contributed by atoms with van der Waals surface area (Å²) in [6, 6.07) is 12.6. The fraction of sp³-hybridized carbons (Fsp3) is 0.320. The van der Waals surface area contributed by atoms with Crippen LogP contribution in [0.2, 0.25) is 0 Å². The van der Waals surface area contributed by atoms with E-state index in [4.69, 9.17) is 9.97 Å². The zero-order valence-corrected chi connectivity index (χ0v) is 19.1. The van der Waals surface area contributed by atoms with Crippen LogP contribution in [-0.2, 0) is 6.42 Å². The molecule has 168 valence electrons. The molecule has 0 spiro atoms. The van der Waals surface area contributed by atoms with Crippen molar-refractivity contribution >= 4 is 22.7 Å². The van der Waals surface area contributed by atoms with Crippen LogP contribution in [0.15, 0.2) is 61.2 Å². The van der Waals surface area contributed by atoms with Gasteiger partial charge in [0.05, 0.1) is 0 Å². The number of anilines is 2. The van der Waals surface area contributed by atoms with E-state index >= 15 is 0 Å². The molecule has 4 heterocycles. The van der Waals surface area contributed by atoms with Crippen molar-refractivity contribution < 1.29 is 0 Å². The SMILES string of the molecule is CN1CCN(c2ccc(-c3nc(N(C)CCc4ccncc4)c4nccnc4n3)cc2)CC1. The molecule has 0 unspecified atom stereocenters. The highest BCUT2D eigenvalue weighted by atomic mass is 15.2. The van der Waals surface area contributed by atoms with Crippen molar-refractivity contribution in [1.29, 1.82) is 0 Å². The van der Waals surface area contributed by atoms with E-state index in [1.165, 1.54) is 11.3 Å². The molecule has 0 bridgehead atoms. The summed E-state index contributed by atoms with van der Waals surface area (Å²) in [5.41, 5.74) is 4.77. The highest BCUT2D eigenvalue weighted by molar-refractivity contribution is 5.84. The van der Waals surface area contributed by atoms with Crippen LogP contribution in [0.25, 0.3) is 22.6 Å². The van der Waals surface area contributed by atoms with Gasteiger partial charge in [0.2, 0.25) is 0 Å². The van der Waals surface area contributed by atoms with Gasteiger partial charge in [-0.3, -0.25) is 4.98 Å². The molecule has 8 nitrogen and oxygen atoms in total. The summed E-state index contributed by atoms with van der Waals surface area (Å²) in [6.07, 6.45) is 7.90. The van der Waals surface area contributed by atoms with E-state index < -0.39 is 0 Å². The molecule has 0 amide bonds. The van der Waals surface area contributed by atoms with Crippen LogP contribution in [-0.4, -0.2) is 76.6 Å². The fourth-order valence-corrected chi connectivity index (χ4v) is 4.08. The quantitative estimate of drug-likeness (QED) is 0.453. The van der Waals surface area contributed by atoms with E-state index in [0.29, 0.717) is 17.0 Å². The third kappa shape index (κ3) is 4.75. The van der Waals surface area contributed by atoms with Crippen LogP contribution >= 0.6 is 0 Å². The smallest absolute Gasteiger partial charge is 0.184 e. The summed E-state index contributed by atoms with van der Waals surface area (Å²) in [4.78, 5) is 29.6. The number of likely N-dealkylation sites (N-methyl/N-ethyl adjacent to an activating group) is 2. The average molecular weight is 441 g/mol. The van der Waals surface area contributed by atoms with Crippen molar-refractivity contribution in [1.82, 2.24) is 29.8 Å². The maximum atomic E-state index is 4.92. The van der Waals surface area contributed by atoms with Crippen molar-refractivity contribution in [2.75, 3.05) is 56.6 Å². The van der Waals surface area contributed by atoms with Gasteiger partial charge >= 0.3 is 0 Å². The van der Waals surface area contributed by atoms with Gasteiger partial charge in [-0.25, -0.2) is 19.9 Å². The van der Waals surface area contributed by atoms with E-state index in [2.05, 4.69) is 61.0 Å². The molecular weight excluding hydrogens is 412 g/mol. The van der Waals surface area contributed by atoms with Gasteiger partial charge in [0.15, 0.2) is 22.8 Å². The molecule has 0 radical (unpaired) electrons. The second-order valence-electron chi connectivity index (χ2n) is 8.46. The van der Waals surface area contributed by atoms with E-state index in [9.17, 15) is 0 Å². The lowest BCUT2D eigenvalue weighted by Crippen LogP contribution is -2.44. The molecule has 1 saturated heterocycles. The summed E-state index contributed by atoms with van der Waals surface area (Å²) >= 11 is 0. The highest BCUT2D eigenvalue weighted by Crippen LogP contribution is 2.26. The summed E-state index contributed by atoms with van der Waals surface area (Å²) in [5, 5.41) is 0. The Morgan fingerprint density at radius 2 is 1.58 bits per heavy atom. The molecule has 0 atom stereocenters. The van der Waals surface area contributed by atoms with Gasteiger partial charge in [-0.15, -0.1) is 0 Å². The first-order valence-electron chi connectivity index (χ1n) is 11.3. The number of fused-ring (bicyclic) bond motifs is 1. The van der Waals surface area contributed by atoms with Crippen molar-refractivity contribution in [3.05, 3.63) is 66.7 Å². The molecule has 3 aromatic heterocycles. The second-order valence-corrected chi connectivity index (χ2v) is 8.46. The van der Waals surface area contributed by atoms with Crippen LogP contribution in [0.4, 0.5) is 11.5 Å². The molecular formula is C25H28N8. The lowest BCUT2D eigenvalue weighted by Gasteiger charge is -2.34. The molecule has 4 aromatic rings. The minimum atomic E-state index is 0.608. The number of rotatable bonds is 6. The third-order valence-corrected chi connectivity index (χ3v) is 6.16. The minimum Gasteiger partial charge on any atom is -0.369 e. The molecule has 5 rings (SSSR count). The first-order chi connectivity index (χ1) is 16.2. The van der Waals surface area contributed by atoms with Gasteiger partial charge in [0.1, 0.15) is 0 Å². The monoisotopic (exact) mass is 440 g/mol. The number of nitrogens with zero attached hydrogens (tertiary/aromatic N) is 8. The minimum absolute atomic E-state index is 0.608. The van der Waals surface area contributed by atoms with Crippen LogP contribution in [0.1, 0.15) is 5.56 Å². The van der Waals surface area contributed by atoms with E-state index in [1.807, 2.05) is 31.6 Å². The van der Waals surface area contributed by atoms with Crippen LogP contribution in [0.3, 0.4) is 0 Å². The topological polar surface area (TPSA) is 74.2 Å². The standard InChI is InChI=1S/C25H28N8/c1-31-15-17-33(18-16-31)21-5-3-20(4-6-21)23-29-24-22(27-12-13-28-24)25(30-23)32(2)14-9-19-7-10-26-11-8-19/h3-8,10-13H,9,14-18H2,1-2H3. The summed E-state index contributed by atoms with van der Waals surface area (Å²) in [5.74, 6) is 1.46. The Morgan fingerprint density at radius 3 is 2.33 bits per heavy atom. The molecule has 1 fully saturated rings. The number of aromatic nitrogens is 5. The van der Waals surface area contributed by atoms with Gasteiger partial charge in [-0.05, 0) is 55.4 Å². The maximum Gasteiger partial charge on any atom is 0.184 e. The Morgan fingerprint density at radius 1 is 0.848 bits per heavy atom. The molecule has 33 heavy (non-hydrogen) atoms. The fourth-order valence-electron chi connectivity index (χ4n) is 4.08. The van der Waals surface area contributed by atoms with E-state index in [0.717, 1.165) is 50.5 Å². The second kappa shape index (κ2) is 9.46. The number of hydrogen-bond acceptors (Lipinski definition) is 8. The van der Waals surface area contributed by atoms with Gasteiger partial charge in [0.25, 0.3) is 0 Å². The Balaban J connectivity index is 1.41. The number of piperazine rings is 1. The molecule has 8 heteroatoms. The number of benzene rings is 1. The van der Waals surface area contributed by atoms with Crippen molar-refractivity contribution in [2.24, 2.45) is 0 Å². The molecule has 1 aliphatic heterocycles. The summed E-state index contributed by atoms with van der Waals surface area (Å²) in [6.45, 7) is 5.07. The van der Waals surface area contributed by atoms with Crippen molar-refractivity contribution in [3.63, 3.8) is 0 Å². The van der Waals surface area contributed by atoms with Gasteiger partial charge in [-0.2, -0.15) is 0 Å². The van der Waals surface area contributed by atoms with Gasteiger partial charge < -0.3 is 14.7 Å². The molecule has 0 aliphatic carbocycles. The number of pyridine rings is 1. The molecule has 0 saturated carbocycles. The first-order valence-corrected chi connectivity index (χ1v) is 11.3. The predicted molar refractivity (Wildman–Crippen MR) is 131 cm³/mol. The van der Waals surface area contributed by atoms with Gasteiger partial charge in [0, 0.05) is 75.8 Å². The lowest BCUT2D eigenvalue weighted by atomic mass is 10.1. The highest BCUT2D eigenvalue weighted by Gasteiger charge is 2.17. The number of hydrogen-bond donors (Lipinski definition) is 0. The zero-order valence-electron chi connectivity index (χ0n) is 19.1. The lowest BCUT2D eigenvalue weighted by molar-refractivity contribution is 0.313. The Hall–Kier alpha value is -3.65. The first kappa shape index (κ1) is 21.2. The Bertz CT molecular complexity index is 1200. The molecule has 1 aromatic carbocycles. The average Bonchev–Trinajstić information content (AvgIpc) is 2.88. The Labute approximate surface area is 194 Å². The Kier molecular flexibility index (Phi) is 6.08. The van der Waals surface area contributed by atoms with E-state index in [-0.39, 0.29) is 0 Å². The maximum absolute atomic E-state index is 4.92. The molecule has 1 aliphatic rings. The van der Waals surface area contributed by atoms with Crippen LogP contribution in [0.5, 0.6) is 0 Å². The van der Waals surface area contributed by atoms with E-state index in [1.54, 1.807) is 12.4 Å². The van der Waals surface area contributed by atoms with Gasteiger partial charge in [-0.1, -0.05) is 0 Å². The normalized spacial score (nSPS) is 14.5. The van der Waals surface area contributed by atoms with Crippen molar-refractivity contribution in [2.45, 2.75) is 6.42 Å². The summed E-state index contributed by atoms with van der Waals surface area (Å²) in [7, 11) is 4.21. The van der Waals surface area contributed by atoms with Crippen LogP contribution < -0.4 is 9.80 Å². The third-order valence-electron chi connectivity index (χ3n) is 6.16. The largest absolute Gasteiger partial charge is 0.369 e. The molecule has 0 N–H and O–H groups in total. The summed E-state index contributed by atoms with van der Waals surface area (Å²) < 4.78 is 0. The zero-order chi connectivity index (χ0) is 22.6. The predicted octanol–water partition coefficient (Wildman–Crippen LogP) is 2.91. The van der Waals surface area contributed by atoms with Crippen LogP contribution in [0, 0.1) is 0 Å².